The average Bonchev–Trinajstić information content (AvgIpc) is 2.15. The molecule has 1 rings (SSSR count). The van der Waals surface area contributed by atoms with E-state index in [0.29, 0.717) is 6.67 Å². The van der Waals surface area contributed by atoms with Crippen molar-refractivity contribution in [3.8, 4) is 0 Å². The van der Waals surface area contributed by atoms with Gasteiger partial charge in [-0.05, 0) is 13.0 Å². The van der Waals surface area contributed by atoms with Crippen molar-refractivity contribution in [2.45, 2.75) is 19.8 Å². The van der Waals surface area contributed by atoms with E-state index in [9.17, 15) is 0 Å². The number of piperazine rings is 1. The molecule has 0 aliphatic carbocycles. The van der Waals surface area contributed by atoms with E-state index in [-0.39, 0.29) is 0 Å². The Labute approximate surface area is 75.5 Å². The van der Waals surface area contributed by atoms with Crippen molar-refractivity contribution >= 4 is 0 Å². The molecule has 0 saturated carbocycles. The van der Waals surface area contributed by atoms with Crippen molar-refractivity contribution in [2.24, 2.45) is 0 Å². The normalized spacial score (nSPS) is 21.5. The predicted octanol–water partition coefficient (Wildman–Crippen LogP) is 0.645. The van der Waals surface area contributed by atoms with E-state index in [2.05, 4.69) is 16.7 Å². The van der Waals surface area contributed by atoms with Gasteiger partial charge < -0.3 is 4.90 Å². The molecule has 1 fully saturated rings. The maximum Gasteiger partial charge on any atom is 0.0616 e. The summed E-state index contributed by atoms with van der Waals surface area (Å²) in [5, 5.41) is 0. The summed E-state index contributed by atoms with van der Waals surface area (Å²) >= 11 is 0. The molecule has 71 valence electrons. The smallest absolute Gasteiger partial charge is 0.0616 e. The lowest BCUT2D eigenvalue weighted by Crippen LogP contribution is -2.46. The summed E-state index contributed by atoms with van der Waals surface area (Å²) in [5.41, 5.74) is 7.21. The monoisotopic (exact) mass is 170 g/mol. The SMILES string of the molecule is CCCCN1CCN(C[NH])CC1. The van der Waals surface area contributed by atoms with Crippen LogP contribution in [0.2, 0.25) is 0 Å². The molecule has 1 heterocycles. The molecule has 1 N–H and O–H groups in total. The predicted molar refractivity (Wildman–Crippen MR) is 50.9 cm³/mol. The van der Waals surface area contributed by atoms with Gasteiger partial charge in [0.2, 0.25) is 0 Å². The van der Waals surface area contributed by atoms with E-state index in [0.717, 1.165) is 13.1 Å². The molecule has 12 heavy (non-hydrogen) atoms. The molecule has 1 saturated heterocycles. The van der Waals surface area contributed by atoms with Gasteiger partial charge in [-0.2, -0.15) is 0 Å². The fourth-order valence-corrected chi connectivity index (χ4v) is 1.55. The highest BCUT2D eigenvalue weighted by molar-refractivity contribution is 4.69. The molecule has 1 aliphatic rings. The molecule has 3 nitrogen and oxygen atoms in total. The Bertz CT molecular complexity index is 108. The highest BCUT2D eigenvalue weighted by atomic mass is 15.3. The summed E-state index contributed by atoms with van der Waals surface area (Å²) in [5.74, 6) is 0. The topological polar surface area (TPSA) is 30.3 Å². The minimum absolute atomic E-state index is 0.474. The number of unbranched alkanes of at least 4 members (excludes halogenated alkanes) is 1. The highest BCUT2D eigenvalue weighted by Crippen LogP contribution is 2.01. The molecule has 0 aromatic carbocycles. The molecule has 1 aliphatic heterocycles. The summed E-state index contributed by atoms with van der Waals surface area (Å²) in [6.45, 7) is 8.47. The largest absolute Gasteiger partial charge is 0.301 e. The zero-order valence-corrected chi connectivity index (χ0v) is 8.05. The minimum Gasteiger partial charge on any atom is -0.301 e. The standard InChI is InChI=1S/C9H20N3/c1-2-3-4-11-5-7-12(9-10)8-6-11/h10H,2-9H2,1H3. The lowest BCUT2D eigenvalue weighted by atomic mass is 10.2. The van der Waals surface area contributed by atoms with Gasteiger partial charge in [-0.25, -0.2) is 5.73 Å². The van der Waals surface area contributed by atoms with E-state index in [1.807, 2.05) is 0 Å². The molecule has 1 radical (unpaired) electrons. The zero-order valence-electron chi connectivity index (χ0n) is 8.05. The van der Waals surface area contributed by atoms with Gasteiger partial charge in [-0.3, -0.25) is 4.90 Å². The first kappa shape index (κ1) is 9.96. The molecule has 0 unspecified atom stereocenters. The van der Waals surface area contributed by atoms with Crippen molar-refractivity contribution in [2.75, 3.05) is 39.4 Å². The van der Waals surface area contributed by atoms with Gasteiger partial charge >= 0.3 is 0 Å². The van der Waals surface area contributed by atoms with Crippen LogP contribution in [0.4, 0.5) is 0 Å². The lowest BCUT2D eigenvalue weighted by Gasteiger charge is -2.33. The molecule has 0 spiro atoms. The van der Waals surface area contributed by atoms with Crippen molar-refractivity contribution in [3.05, 3.63) is 0 Å². The van der Waals surface area contributed by atoms with Crippen molar-refractivity contribution < 1.29 is 0 Å². The van der Waals surface area contributed by atoms with E-state index in [1.165, 1.54) is 32.5 Å². The van der Waals surface area contributed by atoms with Crippen molar-refractivity contribution in [1.82, 2.24) is 15.5 Å². The summed E-state index contributed by atoms with van der Waals surface area (Å²) in [4.78, 5) is 4.71. The van der Waals surface area contributed by atoms with E-state index in [4.69, 9.17) is 5.73 Å². The number of hydrogen-bond acceptors (Lipinski definition) is 2. The van der Waals surface area contributed by atoms with Gasteiger partial charge in [0, 0.05) is 26.2 Å². The second-order valence-corrected chi connectivity index (χ2v) is 3.47. The van der Waals surface area contributed by atoms with Gasteiger partial charge in [0.25, 0.3) is 0 Å². The fourth-order valence-electron chi connectivity index (χ4n) is 1.55. The van der Waals surface area contributed by atoms with Crippen LogP contribution in [0.1, 0.15) is 19.8 Å². The Morgan fingerprint density at radius 2 is 1.67 bits per heavy atom. The molecule has 0 atom stereocenters. The van der Waals surface area contributed by atoms with Crippen LogP contribution >= 0.6 is 0 Å². The quantitative estimate of drug-likeness (QED) is 0.620. The molecular weight excluding hydrogens is 150 g/mol. The first-order chi connectivity index (χ1) is 5.86. The van der Waals surface area contributed by atoms with E-state index >= 15 is 0 Å². The van der Waals surface area contributed by atoms with E-state index in [1.54, 1.807) is 0 Å². The second kappa shape index (κ2) is 5.51. The van der Waals surface area contributed by atoms with Gasteiger partial charge in [-0.1, -0.05) is 13.3 Å². The van der Waals surface area contributed by atoms with Crippen LogP contribution in [0.3, 0.4) is 0 Å². The van der Waals surface area contributed by atoms with Gasteiger partial charge in [0.05, 0.1) is 6.67 Å². The Hall–Kier alpha value is -0.120. The molecule has 0 aromatic heterocycles. The first-order valence-corrected chi connectivity index (χ1v) is 4.96. The average molecular weight is 170 g/mol. The summed E-state index contributed by atoms with van der Waals surface area (Å²) in [7, 11) is 0. The summed E-state index contributed by atoms with van der Waals surface area (Å²) < 4.78 is 0. The van der Waals surface area contributed by atoms with E-state index < -0.39 is 0 Å². The van der Waals surface area contributed by atoms with Gasteiger partial charge in [-0.15, -0.1) is 0 Å². The number of nitrogens with zero attached hydrogens (tertiary/aromatic N) is 2. The van der Waals surface area contributed by atoms with Crippen LogP contribution in [-0.2, 0) is 0 Å². The Balaban J connectivity index is 2.09. The molecule has 3 heteroatoms. The summed E-state index contributed by atoms with van der Waals surface area (Å²) in [6.07, 6.45) is 2.61. The van der Waals surface area contributed by atoms with Crippen LogP contribution in [0.25, 0.3) is 0 Å². The van der Waals surface area contributed by atoms with Gasteiger partial charge in [0.1, 0.15) is 0 Å². The lowest BCUT2D eigenvalue weighted by molar-refractivity contribution is 0.132. The number of hydrogen-bond donors (Lipinski definition) is 0. The molecule has 0 bridgehead atoms. The van der Waals surface area contributed by atoms with Crippen LogP contribution < -0.4 is 5.73 Å². The maximum absolute atomic E-state index is 7.21. The number of rotatable bonds is 4. The van der Waals surface area contributed by atoms with Crippen LogP contribution in [0.5, 0.6) is 0 Å². The highest BCUT2D eigenvalue weighted by Gasteiger charge is 2.14. The maximum atomic E-state index is 7.21. The minimum atomic E-state index is 0.474. The third-order valence-corrected chi connectivity index (χ3v) is 2.52. The molecular formula is C9H20N3. The second-order valence-electron chi connectivity index (χ2n) is 3.47. The first-order valence-electron chi connectivity index (χ1n) is 4.96. The van der Waals surface area contributed by atoms with Crippen LogP contribution in [-0.4, -0.2) is 49.2 Å². The number of nitrogens with one attached hydrogen (secondary N) is 1. The fraction of sp³-hybridized carbons (Fsp3) is 1.00. The molecule has 0 amide bonds. The third kappa shape index (κ3) is 3.09. The Morgan fingerprint density at radius 1 is 1.08 bits per heavy atom. The van der Waals surface area contributed by atoms with Crippen LogP contribution in [0, 0.1) is 0 Å². The Kier molecular flexibility index (Phi) is 4.58. The van der Waals surface area contributed by atoms with Crippen molar-refractivity contribution in [1.29, 1.82) is 0 Å². The van der Waals surface area contributed by atoms with Gasteiger partial charge in [0.15, 0.2) is 0 Å². The van der Waals surface area contributed by atoms with Crippen molar-refractivity contribution in [3.63, 3.8) is 0 Å². The summed E-state index contributed by atoms with van der Waals surface area (Å²) in [6, 6.07) is 0. The van der Waals surface area contributed by atoms with Crippen LogP contribution in [0.15, 0.2) is 0 Å². The Morgan fingerprint density at radius 3 is 2.17 bits per heavy atom. The third-order valence-electron chi connectivity index (χ3n) is 2.52. The molecule has 0 aromatic rings. The zero-order chi connectivity index (χ0) is 8.81.